The van der Waals surface area contributed by atoms with Gasteiger partial charge in [-0.1, -0.05) is 6.92 Å². The predicted molar refractivity (Wildman–Crippen MR) is 36.7 cm³/mol. The minimum Gasteiger partial charge on any atom is -0.481 e. The Kier molecular flexibility index (Phi) is 3.24. The van der Waals surface area contributed by atoms with Crippen molar-refractivity contribution >= 4 is 11.9 Å². The first kappa shape index (κ1) is 8.74. The molecule has 0 fully saturated rings. The van der Waals surface area contributed by atoms with Gasteiger partial charge in [-0.25, -0.2) is 0 Å². The molecule has 5 nitrogen and oxygen atoms in total. The van der Waals surface area contributed by atoms with Crippen LogP contribution in [0.15, 0.2) is 0 Å². The lowest BCUT2D eigenvalue weighted by Gasteiger charge is -2.06. The molecule has 0 unspecified atom stereocenters. The molecule has 0 bridgehead atoms. The fourth-order valence-corrected chi connectivity index (χ4v) is 0.350. The zero-order chi connectivity index (χ0) is 8.15. The second-order valence-corrected chi connectivity index (χ2v) is 2.03. The van der Waals surface area contributed by atoms with E-state index in [9.17, 15) is 4.79 Å². The number of carboxylic acid groups (broad SMARTS) is 1. The summed E-state index contributed by atoms with van der Waals surface area (Å²) in [5.41, 5.74) is 4.92. The maximum absolute atomic E-state index is 10.2. The minimum absolute atomic E-state index is 0.199. The molecule has 0 heterocycles. The Morgan fingerprint density at radius 3 is 2.70 bits per heavy atom. The van der Waals surface area contributed by atoms with E-state index in [0.717, 1.165) is 0 Å². The lowest BCUT2D eigenvalue weighted by molar-refractivity contribution is -0.140. The molecule has 0 aromatic heterocycles. The molecule has 0 saturated heterocycles. The molecule has 0 saturated carbocycles. The van der Waals surface area contributed by atoms with E-state index in [2.05, 4.69) is 5.32 Å². The normalized spacial score (nSPS) is 12.1. The molecule has 0 aromatic rings. The first-order valence-corrected chi connectivity index (χ1v) is 2.84. The molecule has 0 aliphatic rings. The molecule has 0 radical (unpaired) electrons. The number of nitrogens with two attached hydrogens (primary N) is 1. The van der Waals surface area contributed by atoms with E-state index >= 15 is 0 Å². The summed E-state index contributed by atoms with van der Waals surface area (Å²) in [6, 6.07) is 0. The number of carbonyl (C=O) groups is 1. The molecule has 0 spiro atoms. The van der Waals surface area contributed by atoms with E-state index < -0.39 is 11.9 Å². The van der Waals surface area contributed by atoms with E-state index in [0.29, 0.717) is 0 Å². The third-order valence-corrected chi connectivity index (χ3v) is 1.02. The molecular formula is C5H11N3O2. The van der Waals surface area contributed by atoms with Gasteiger partial charge in [0.25, 0.3) is 0 Å². The average Bonchev–Trinajstić information content (AvgIpc) is 1.82. The highest BCUT2D eigenvalue weighted by Gasteiger charge is 2.09. The van der Waals surface area contributed by atoms with Crippen molar-refractivity contribution < 1.29 is 9.90 Å². The van der Waals surface area contributed by atoms with Crippen molar-refractivity contribution in [1.29, 1.82) is 5.41 Å². The van der Waals surface area contributed by atoms with Crippen molar-refractivity contribution in [2.75, 3.05) is 6.54 Å². The van der Waals surface area contributed by atoms with Gasteiger partial charge in [0.1, 0.15) is 0 Å². The van der Waals surface area contributed by atoms with Crippen molar-refractivity contribution in [3.05, 3.63) is 0 Å². The zero-order valence-corrected chi connectivity index (χ0v) is 5.72. The van der Waals surface area contributed by atoms with Gasteiger partial charge in [-0.15, -0.1) is 0 Å². The van der Waals surface area contributed by atoms with Crippen LogP contribution in [0.1, 0.15) is 6.92 Å². The topological polar surface area (TPSA) is 99.2 Å². The van der Waals surface area contributed by atoms with Crippen LogP contribution in [-0.4, -0.2) is 23.6 Å². The van der Waals surface area contributed by atoms with Crippen molar-refractivity contribution in [2.24, 2.45) is 11.7 Å². The second kappa shape index (κ2) is 3.71. The SMILES string of the molecule is C[C@@H](CNC(=N)N)C(=O)O. The summed E-state index contributed by atoms with van der Waals surface area (Å²) in [6.07, 6.45) is 0. The smallest absolute Gasteiger partial charge is 0.308 e. The van der Waals surface area contributed by atoms with E-state index in [-0.39, 0.29) is 12.5 Å². The van der Waals surface area contributed by atoms with Gasteiger partial charge in [0, 0.05) is 6.54 Å². The van der Waals surface area contributed by atoms with Crippen molar-refractivity contribution in [3.8, 4) is 0 Å². The fraction of sp³-hybridized carbons (Fsp3) is 0.600. The molecule has 58 valence electrons. The molecular weight excluding hydrogens is 134 g/mol. The maximum Gasteiger partial charge on any atom is 0.308 e. The Hall–Kier alpha value is -1.26. The van der Waals surface area contributed by atoms with Crippen LogP contribution in [-0.2, 0) is 4.79 Å². The number of nitrogens with one attached hydrogen (secondary N) is 2. The maximum atomic E-state index is 10.2. The quantitative estimate of drug-likeness (QED) is 0.308. The first-order valence-electron chi connectivity index (χ1n) is 2.84. The van der Waals surface area contributed by atoms with Gasteiger partial charge in [-0.2, -0.15) is 0 Å². The van der Waals surface area contributed by atoms with Crippen molar-refractivity contribution in [1.82, 2.24) is 5.32 Å². The fourth-order valence-electron chi connectivity index (χ4n) is 0.350. The van der Waals surface area contributed by atoms with E-state index in [1.807, 2.05) is 0 Å². The van der Waals surface area contributed by atoms with Crippen molar-refractivity contribution in [3.63, 3.8) is 0 Å². The highest BCUT2D eigenvalue weighted by atomic mass is 16.4. The van der Waals surface area contributed by atoms with Crippen LogP contribution in [0.5, 0.6) is 0 Å². The van der Waals surface area contributed by atoms with Gasteiger partial charge in [-0.05, 0) is 0 Å². The Bertz CT molecular complexity index is 146. The summed E-state index contributed by atoms with van der Waals surface area (Å²) < 4.78 is 0. The third kappa shape index (κ3) is 3.71. The predicted octanol–water partition coefficient (Wildman–Crippen LogP) is -0.810. The van der Waals surface area contributed by atoms with Gasteiger partial charge in [0.05, 0.1) is 5.92 Å². The number of aliphatic carboxylic acids is 1. The van der Waals surface area contributed by atoms with Crippen LogP contribution in [0.4, 0.5) is 0 Å². The van der Waals surface area contributed by atoms with Gasteiger partial charge in [0.2, 0.25) is 0 Å². The van der Waals surface area contributed by atoms with Crippen LogP contribution < -0.4 is 11.1 Å². The highest BCUT2D eigenvalue weighted by Crippen LogP contribution is 1.89. The zero-order valence-electron chi connectivity index (χ0n) is 5.72. The number of hydrogen-bond acceptors (Lipinski definition) is 2. The molecule has 0 rings (SSSR count). The van der Waals surface area contributed by atoms with E-state index in [1.54, 1.807) is 0 Å². The molecule has 0 aromatic carbocycles. The van der Waals surface area contributed by atoms with Crippen LogP contribution in [0, 0.1) is 11.3 Å². The van der Waals surface area contributed by atoms with Gasteiger partial charge in [0.15, 0.2) is 5.96 Å². The largest absolute Gasteiger partial charge is 0.481 e. The van der Waals surface area contributed by atoms with Crippen LogP contribution in [0.2, 0.25) is 0 Å². The second-order valence-electron chi connectivity index (χ2n) is 2.03. The number of rotatable bonds is 3. The van der Waals surface area contributed by atoms with E-state index in [4.69, 9.17) is 16.2 Å². The molecule has 5 N–H and O–H groups in total. The summed E-state index contributed by atoms with van der Waals surface area (Å²) >= 11 is 0. The Labute approximate surface area is 58.7 Å². The minimum atomic E-state index is -0.895. The molecule has 5 heteroatoms. The summed E-state index contributed by atoms with van der Waals surface area (Å²) in [7, 11) is 0. The Morgan fingerprint density at radius 1 is 1.90 bits per heavy atom. The molecule has 0 amide bonds. The van der Waals surface area contributed by atoms with Gasteiger partial charge in [-0.3, -0.25) is 10.2 Å². The number of hydrogen-bond donors (Lipinski definition) is 4. The average molecular weight is 145 g/mol. The lowest BCUT2D eigenvalue weighted by atomic mass is 10.2. The molecule has 1 atom stereocenters. The van der Waals surface area contributed by atoms with Crippen molar-refractivity contribution in [2.45, 2.75) is 6.92 Å². The highest BCUT2D eigenvalue weighted by molar-refractivity contribution is 5.75. The monoisotopic (exact) mass is 145 g/mol. The summed E-state index contributed by atoms with van der Waals surface area (Å²) in [4.78, 5) is 10.2. The standard InChI is InChI=1S/C5H11N3O2/c1-3(4(9)10)2-8-5(6)7/h3H,2H2,1H3,(H,9,10)(H4,6,7,8)/t3-/m0/s1. The number of guanidine groups is 1. The van der Waals surface area contributed by atoms with Crippen LogP contribution >= 0.6 is 0 Å². The van der Waals surface area contributed by atoms with Gasteiger partial charge >= 0.3 is 5.97 Å². The van der Waals surface area contributed by atoms with Crippen LogP contribution in [0.3, 0.4) is 0 Å². The molecule has 0 aliphatic heterocycles. The third-order valence-electron chi connectivity index (χ3n) is 1.02. The summed E-state index contributed by atoms with van der Waals surface area (Å²) in [6.45, 7) is 1.74. The lowest BCUT2D eigenvalue weighted by Crippen LogP contribution is -2.35. The van der Waals surface area contributed by atoms with E-state index in [1.165, 1.54) is 6.92 Å². The number of carboxylic acids is 1. The molecule has 0 aliphatic carbocycles. The van der Waals surface area contributed by atoms with Gasteiger partial charge < -0.3 is 16.2 Å². The Balaban J connectivity index is 3.49. The first-order chi connectivity index (χ1) is 4.54. The Morgan fingerprint density at radius 2 is 2.40 bits per heavy atom. The van der Waals surface area contributed by atoms with Crippen LogP contribution in [0.25, 0.3) is 0 Å². The molecule has 10 heavy (non-hydrogen) atoms. The summed E-state index contributed by atoms with van der Waals surface area (Å²) in [5, 5.41) is 17.5. The summed E-state index contributed by atoms with van der Waals surface area (Å²) in [5.74, 6) is -1.61.